The first-order valence-corrected chi connectivity index (χ1v) is 11.4. The van der Waals surface area contributed by atoms with Crippen molar-refractivity contribution in [2.45, 2.75) is 26.2 Å². The summed E-state index contributed by atoms with van der Waals surface area (Å²) in [5, 5.41) is 12.3. The van der Waals surface area contributed by atoms with Crippen LogP contribution in [-0.2, 0) is 5.41 Å². The van der Waals surface area contributed by atoms with E-state index in [-0.39, 0.29) is 28.5 Å². The van der Waals surface area contributed by atoms with E-state index in [2.05, 4.69) is 31.0 Å². The van der Waals surface area contributed by atoms with E-state index in [1.54, 1.807) is 30.5 Å². The summed E-state index contributed by atoms with van der Waals surface area (Å²) in [5.41, 5.74) is 0.586. The average molecular weight is 504 g/mol. The zero-order valence-electron chi connectivity index (χ0n) is 20.7. The van der Waals surface area contributed by atoms with Gasteiger partial charge in [-0.15, -0.1) is 0 Å². The van der Waals surface area contributed by atoms with Gasteiger partial charge in [-0.25, -0.2) is 14.2 Å². The fourth-order valence-corrected chi connectivity index (χ4v) is 3.28. The fraction of sp³-hybridized carbons (Fsp3) is 0.192. The summed E-state index contributed by atoms with van der Waals surface area (Å²) >= 11 is 0. The SMILES string of the molecule is CNC(=O)c1cc(Oc2ccc(NC(=O)Nc3cc(C(C)(C)C)nn3-c3ccccn3)c(F)c2)ccn1. The zero-order chi connectivity index (χ0) is 26.6. The lowest BCUT2D eigenvalue weighted by atomic mass is 9.92. The molecule has 4 rings (SSSR count). The van der Waals surface area contributed by atoms with Crippen LogP contribution in [0.4, 0.5) is 20.7 Å². The molecule has 0 aliphatic rings. The van der Waals surface area contributed by atoms with E-state index < -0.39 is 11.8 Å². The molecule has 0 radical (unpaired) electrons. The maximum atomic E-state index is 14.8. The molecular formula is C26H26FN7O3. The van der Waals surface area contributed by atoms with Crippen molar-refractivity contribution in [3.8, 4) is 17.3 Å². The topological polar surface area (TPSA) is 123 Å². The molecule has 190 valence electrons. The van der Waals surface area contributed by atoms with Gasteiger partial charge in [0.1, 0.15) is 28.8 Å². The molecule has 4 aromatic rings. The van der Waals surface area contributed by atoms with Crippen LogP contribution in [0.5, 0.6) is 11.5 Å². The van der Waals surface area contributed by atoms with Crippen LogP contribution in [0.1, 0.15) is 37.0 Å². The van der Waals surface area contributed by atoms with Gasteiger partial charge in [-0.3, -0.25) is 15.1 Å². The Kier molecular flexibility index (Phi) is 7.14. The van der Waals surface area contributed by atoms with Gasteiger partial charge in [0, 0.05) is 43.1 Å². The molecule has 10 nitrogen and oxygen atoms in total. The Morgan fingerprint density at radius 3 is 2.41 bits per heavy atom. The monoisotopic (exact) mass is 503 g/mol. The molecule has 1 aromatic carbocycles. The summed E-state index contributed by atoms with van der Waals surface area (Å²) < 4.78 is 22.0. The van der Waals surface area contributed by atoms with Crippen LogP contribution < -0.4 is 20.7 Å². The minimum absolute atomic E-state index is 0.0504. The maximum absolute atomic E-state index is 14.8. The van der Waals surface area contributed by atoms with Gasteiger partial charge in [0.25, 0.3) is 5.91 Å². The Bertz CT molecular complexity index is 1430. The highest BCUT2D eigenvalue weighted by Crippen LogP contribution is 2.28. The number of anilines is 2. The molecule has 0 aliphatic heterocycles. The molecule has 11 heteroatoms. The average Bonchev–Trinajstić information content (AvgIpc) is 3.30. The number of urea groups is 1. The van der Waals surface area contributed by atoms with Gasteiger partial charge >= 0.3 is 6.03 Å². The van der Waals surface area contributed by atoms with Crippen LogP contribution in [-0.4, -0.2) is 38.7 Å². The van der Waals surface area contributed by atoms with Crippen molar-refractivity contribution in [1.29, 1.82) is 0 Å². The lowest BCUT2D eigenvalue weighted by Gasteiger charge is -2.13. The highest BCUT2D eigenvalue weighted by molar-refractivity contribution is 5.99. The quantitative estimate of drug-likeness (QED) is 0.344. The first-order valence-electron chi connectivity index (χ1n) is 11.4. The predicted molar refractivity (Wildman–Crippen MR) is 137 cm³/mol. The number of amides is 3. The first-order chi connectivity index (χ1) is 17.6. The molecule has 0 atom stereocenters. The summed E-state index contributed by atoms with van der Waals surface area (Å²) in [7, 11) is 1.49. The van der Waals surface area contributed by atoms with Gasteiger partial charge in [0.2, 0.25) is 0 Å². The fourth-order valence-electron chi connectivity index (χ4n) is 3.28. The summed E-state index contributed by atoms with van der Waals surface area (Å²) in [6.07, 6.45) is 3.04. The van der Waals surface area contributed by atoms with E-state index in [0.29, 0.717) is 17.4 Å². The molecule has 0 saturated carbocycles. The van der Waals surface area contributed by atoms with Crippen LogP contribution in [0.3, 0.4) is 0 Å². The van der Waals surface area contributed by atoms with Crippen LogP contribution in [0.25, 0.3) is 5.82 Å². The third kappa shape index (κ3) is 6.07. The van der Waals surface area contributed by atoms with Crippen molar-refractivity contribution in [2.24, 2.45) is 0 Å². The van der Waals surface area contributed by atoms with Crippen molar-refractivity contribution in [1.82, 2.24) is 25.1 Å². The van der Waals surface area contributed by atoms with E-state index >= 15 is 0 Å². The number of hydrogen-bond donors (Lipinski definition) is 3. The number of aromatic nitrogens is 4. The molecule has 37 heavy (non-hydrogen) atoms. The van der Waals surface area contributed by atoms with E-state index in [1.165, 1.54) is 36.1 Å². The molecular weight excluding hydrogens is 477 g/mol. The molecule has 0 unspecified atom stereocenters. The maximum Gasteiger partial charge on any atom is 0.324 e. The number of carbonyl (C=O) groups is 2. The predicted octanol–water partition coefficient (Wildman–Crippen LogP) is 4.89. The summed E-state index contributed by atoms with van der Waals surface area (Å²) in [5.74, 6) is 0.315. The molecule has 3 heterocycles. The molecule has 0 aliphatic carbocycles. The second kappa shape index (κ2) is 10.4. The van der Waals surface area contributed by atoms with Crippen LogP contribution in [0, 0.1) is 5.82 Å². The van der Waals surface area contributed by atoms with Gasteiger partial charge in [0.15, 0.2) is 5.82 Å². The third-order valence-corrected chi connectivity index (χ3v) is 5.20. The number of rotatable bonds is 6. The molecule has 0 bridgehead atoms. The van der Waals surface area contributed by atoms with Gasteiger partial charge in [0.05, 0.1) is 11.4 Å². The van der Waals surface area contributed by atoms with Gasteiger partial charge < -0.3 is 15.4 Å². The van der Waals surface area contributed by atoms with Crippen molar-refractivity contribution in [3.05, 3.63) is 84.2 Å². The van der Waals surface area contributed by atoms with E-state index in [9.17, 15) is 14.0 Å². The minimum Gasteiger partial charge on any atom is -0.457 e. The van der Waals surface area contributed by atoms with E-state index in [0.717, 1.165) is 11.8 Å². The normalized spacial score (nSPS) is 11.1. The first kappa shape index (κ1) is 25.3. The van der Waals surface area contributed by atoms with Crippen molar-refractivity contribution in [2.75, 3.05) is 17.7 Å². The van der Waals surface area contributed by atoms with Crippen LogP contribution in [0.15, 0.2) is 67.0 Å². The highest BCUT2D eigenvalue weighted by Gasteiger charge is 2.22. The van der Waals surface area contributed by atoms with Gasteiger partial charge in [-0.05, 0) is 30.3 Å². The number of hydrogen-bond acceptors (Lipinski definition) is 6. The number of nitrogens with one attached hydrogen (secondary N) is 3. The number of pyridine rings is 2. The van der Waals surface area contributed by atoms with Crippen molar-refractivity contribution in [3.63, 3.8) is 0 Å². The molecule has 3 N–H and O–H groups in total. The molecule has 0 spiro atoms. The smallest absolute Gasteiger partial charge is 0.324 e. The molecule has 3 amide bonds. The second-order valence-electron chi connectivity index (χ2n) is 9.04. The summed E-state index contributed by atoms with van der Waals surface area (Å²) in [4.78, 5) is 32.8. The Morgan fingerprint density at radius 1 is 0.946 bits per heavy atom. The number of nitrogens with zero attached hydrogens (tertiary/aromatic N) is 4. The Balaban J connectivity index is 1.49. The van der Waals surface area contributed by atoms with E-state index in [4.69, 9.17) is 4.74 Å². The molecule has 0 fully saturated rings. The highest BCUT2D eigenvalue weighted by atomic mass is 19.1. The number of benzene rings is 1. The largest absolute Gasteiger partial charge is 0.457 e. The zero-order valence-corrected chi connectivity index (χ0v) is 20.7. The number of halogens is 1. The standard InChI is InChI=1S/C26H26FN7O3/c1-26(2,3)21-15-23(34(33-21)22-7-5-6-11-30-22)32-25(36)31-19-9-8-16(13-18(19)27)37-17-10-12-29-20(14-17)24(35)28-4/h5-15H,1-4H3,(H,28,35)(H2,31,32,36). The number of carbonyl (C=O) groups excluding carboxylic acids is 2. The van der Waals surface area contributed by atoms with Crippen LogP contribution >= 0.6 is 0 Å². The Morgan fingerprint density at radius 2 is 1.73 bits per heavy atom. The number of ether oxygens (including phenoxy) is 1. The van der Waals surface area contributed by atoms with Crippen molar-refractivity contribution < 1.29 is 18.7 Å². The van der Waals surface area contributed by atoms with Crippen molar-refractivity contribution >= 4 is 23.4 Å². The molecule has 0 saturated heterocycles. The Labute approximate surface area is 212 Å². The summed E-state index contributed by atoms with van der Waals surface area (Å²) in [6.45, 7) is 6.02. The lowest BCUT2D eigenvalue weighted by Crippen LogP contribution is -2.22. The molecule has 3 aromatic heterocycles. The van der Waals surface area contributed by atoms with Gasteiger partial charge in [-0.2, -0.15) is 9.78 Å². The third-order valence-electron chi connectivity index (χ3n) is 5.20. The second-order valence-corrected chi connectivity index (χ2v) is 9.04. The lowest BCUT2D eigenvalue weighted by molar-refractivity contribution is 0.0957. The van der Waals surface area contributed by atoms with Gasteiger partial charge in [-0.1, -0.05) is 26.8 Å². The Hall–Kier alpha value is -4.80. The minimum atomic E-state index is -0.707. The van der Waals surface area contributed by atoms with E-state index in [1.807, 2.05) is 26.8 Å². The van der Waals surface area contributed by atoms with Crippen LogP contribution in [0.2, 0.25) is 0 Å². The summed E-state index contributed by atoms with van der Waals surface area (Å²) in [6, 6.07) is 13.4.